The Labute approximate surface area is 147 Å². The summed E-state index contributed by atoms with van der Waals surface area (Å²) in [6, 6.07) is 4.45. The molecule has 1 aliphatic heterocycles. The highest BCUT2D eigenvalue weighted by atomic mass is 19.1. The number of hydrogen-bond acceptors (Lipinski definition) is 4. The number of aliphatic hydroxyl groups excluding tert-OH is 1. The van der Waals surface area contributed by atoms with Gasteiger partial charge in [0.2, 0.25) is 5.91 Å². The summed E-state index contributed by atoms with van der Waals surface area (Å²) >= 11 is 0. The first kappa shape index (κ1) is 19.2. The Morgan fingerprint density at radius 3 is 2.32 bits per heavy atom. The van der Waals surface area contributed by atoms with Gasteiger partial charge in [0.25, 0.3) is 0 Å². The van der Waals surface area contributed by atoms with Crippen LogP contribution >= 0.6 is 0 Å². The number of alkyl carbamates (subject to hydrolysis) is 1. The lowest BCUT2D eigenvalue weighted by molar-refractivity contribution is -0.135. The molecule has 25 heavy (non-hydrogen) atoms. The van der Waals surface area contributed by atoms with Gasteiger partial charge in [-0.2, -0.15) is 0 Å². The monoisotopic (exact) mass is 352 g/mol. The van der Waals surface area contributed by atoms with Crippen LogP contribution < -0.4 is 5.32 Å². The SMILES string of the molecule is CC(C)(C)OC(=O)NC(C(=O)N1CCC(O)CC1)c1ccc(F)cc1. The molecule has 138 valence electrons. The molecule has 2 rings (SSSR count). The number of amides is 2. The molecule has 2 N–H and O–H groups in total. The standard InChI is InChI=1S/C18H25FN2O4/c1-18(2,3)25-17(24)20-15(12-4-6-13(19)7-5-12)16(23)21-10-8-14(22)9-11-21/h4-7,14-15,22H,8-11H2,1-3H3,(H,20,24). The number of piperidine rings is 1. The molecule has 1 fully saturated rings. The molecule has 0 bridgehead atoms. The Bertz CT molecular complexity index is 604. The molecule has 1 atom stereocenters. The van der Waals surface area contributed by atoms with Gasteiger partial charge in [-0.25, -0.2) is 9.18 Å². The largest absolute Gasteiger partial charge is 0.444 e. The number of benzene rings is 1. The molecule has 1 aromatic carbocycles. The van der Waals surface area contributed by atoms with E-state index in [9.17, 15) is 19.1 Å². The summed E-state index contributed by atoms with van der Waals surface area (Å²) in [5.74, 6) is -0.724. The Balaban J connectivity index is 2.18. The van der Waals surface area contributed by atoms with E-state index in [0.29, 0.717) is 31.5 Å². The topological polar surface area (TPSA) is 78.9 Å². The van der Waals surface area contributed by atoms with E-state index in [-0.39, 0.29) is 5.91 Å². The van der Waals surface area contributed by atoms with E-state index < -0.39 is 29.7 Å². The van der Waals surface area contributed by atoms with Gasteiger partial charge in [-0.1, -0.05) is 12.1 Å². The molecule has 0 radical (unpaired) electrons. The smallest absolute Gasteiger partial charge is 0.408 e. The third kappa shape index (κ3) is 5.70. The highest BCUT2D eigenvalue weighted by Gasteiger charge is 2.31. The lowest BCUT2D eigenvalue weighted by atomic mass is 10.0. The van der Waals surface area contributed by atoms with Crippen molar-refractivity contribution in [1.82, 2.24) is 10.2 Å². The quantitative estimate of drug-likeness (QED) is 0.875. The molecule has 0 spiro atoms. The minimum absolute atomic E-state index is 0.302. The van der Waals surface area contributed by atoms with Gasteiger partial charge in [0, 0.05) is 13.1 Å². The highest BCUT2D eigenvalue weighted by Crippen LogP contribution is 2.21. The number of carbonyl (C=O) groups excluding carboxylic acids is 2. The van der Waals surface area contributed by atoms with Crippen LogP contribution in [0.5, 0.6) is 0 Å². The van der Waals surface area contributed by atoms with Crippen LogP contribution in [0, 0.1) is 5.82 Å². The molecular weight excluding hydrogens is 327 g/mol. The minimum atomic E-state index is -0.967. The molecule has 7 heteroatoms. The maximum Gasteiger partial charge on any atom is 0.408 e. The van der Waals surface area contributed by atoms with E-state index in [0.717, 1.165) is 0 Å². The third-order valence-electron chi connectivity index (χ3n) is 3.89. The molecule has 2 amide bonds. The summed E-state index contributed by atoms with van der Waals surface area (Å²) in [6.07, 6.45) is -0.137. The summed E-state index contributed by atoms with van der Waals surface area (Å²) in [5.41, 5.74) is -0.223. The Hall–Kier alpha value is -2.15. The van der Waals surface area contributed by atoms with Gasteiger partial charge in [-0.05, 0) is 51.3 Å². The molecule has 6 nitrogen and oxygen atoms in total. The summed E-state index contributed by atoms with van der Waals surface area (Å²) in [7, 11) is 0. The van der Waals surface area contributed by atoms with Crippen LogP contribution in [0.1, 0.15) is 45.2 Å². The zero-order valence-corrected chi connectivity index (χ0v) is 14.8. The minimum Gasteiger partial charge on any atom is -0.444 e. The number of nitrogens with zero attached hydrogens (tertiary/aromatic N) is 1. The lowest BCUT2D eigenvalue weighted by Crippen LogP contribution is -2.47. The van der Waals surface area contributed by atoms with Gasteiger partial charge >= 0.3 is 6.09 Å². The molecule has 1 heterocycles. The fourth-order valence-electron chi connectivity index (χ4n) is 2.64. The van der Waals surface area contributed by atoms with Crippen molar-refractivity contribution in [1.29, 1.82) is 0 Å². The number of carbonyl (C=O) groups is 2. The molecule has 1 aromatic rings. The fraction of sp³-hybridized carbons (Fsp3) is 0.556. The summed E-state index contributed by atoms with van der Waals surface area (Å²) < 4.78 is 18.4. The second-order valence-electron chi connectivity index (χ2n) is 7.19. The third-order valence-corrected chi connectivity index (χ3v) is 3.89. The normalized spacial score (nSPS) is 17.1. The lowest BCUT2D eigenvalue weighted by Gasteiger charge is -2.33. The van der Waals surface area contributed by atoms with E-state index in [1.165, 1.54) is 24.3 Å². The van der Waals surface area contributed by atoms with Gasteiger partial charge in [0.05, 0.1) is 6.10 Å². The van der Waals surface area contributed by atoms with Crippen molar-refractivity contribution in [3.8, 4) is 0 Å². The van der Waals surface area contributed by atoms with Crippen molar-refractivity contribution in [3.05, 3.63) is 35.6 Å². The first-order valence-electron chi connectivity index (χ1n) is 8.37. The zero-order chi connectivity index (χ0) is 18.6. The van der Waals surface area contributed by atoms with Crippen molar-refractivity contribution in [3.63, 3.8) is 0 Å². The van der Waals surface area contributed by atoms with Crippen LogP contribution in [0.15, 0.2) is 24.3 Å². The van der Waals surface area contributed by atoms with E-state index in [1.807, 2.05) is 0 Å². The highest BCUT2D eigenvalue weighted by molar-refractivity contribution is 5.87. The van der Waals surface area contributed by atoms with Crippen LogP contribution in [0.3, 0.4) is 0 Å². The van der Waals surface area contributed by atoms with E-state index in [1.54, 1.807) is 25.7 Å². The number of halogens is 1. The molecule has 1 saturated heterocycles. The van der Waals surface area contributed by atoms with E-state index >= 15 is 0 Å². The maximum atomic E-state index is 13.2. The van der Waals surface area contributed by atoms with Gasteiger partial charge in [0.15, 0.2) is 0 Å². The van der Waals surface area contributed by atoms with Crippen LogP contribution in [0.4, 0.5) is 9.18 Å². The Morgan fingerprint density at radius 1 is 1.24 bits per heavy atom. The summed E-state index contributed by atoms with van der Waals surface area (Å²) in [5, 5.41) is 12.2. The summed E-state index contributed by atoms with van der Waals surface area (Å²) in [4.78, 5) is 26.6. The molecule has 0 aromatic heterocycles. The van der Waals surface area contributed by atoms with E-state index in [4.69, 9.17) is 4.74 Å². The number of nitrogens with one attached hydrogen (secondary N) is 1. The van der Waals surface area contributed by atoms with Crippen molar-refractivity contribution < 1.29 is 23.8 Å². The number of rotatable bonds is 3. The number of aliphatic hydroxyl groups is 1. The van der Waals surface area contributed by atoms with Crippen LogP contribution in [-0.4, -0.2) is 46.8 Å². The first-order chi connectivity index (χ1) is 11.7. The number of ether oxygens (including phenoxy) is 1. The zero-order valence-electron chi connectivity index (χ0n) is 14.8. The molecule has 0 aliphatic carbocycles. The second-order valence-corrected chi connectivity index (χ2v) is 7.19. The number of likely N-dealkylation sites (tertiary alicyclic amines) is 1. The van der Waals surface area contributed by atoms with Crippen molar-refractivity contribution >= 4 is 12.0 Å². The van der Waals surface area contributed by atoms with Crippen molar-refractivity contribution in [2.75, 3.05) is 13.1 Å². The van der Waals surface area contributed by atoms with Crippen molar-refractivity contribution in [2.24, 2.45) is 0 Å². The summed E-state index contributed by atoms with van der Waals surface area (Å²) in [6.45, 7) is 6.01. The van der Waals surface area contributed by atoms with Gasteiger partial charge in [-0.3, -0.25) is 4.79 Å². The van der Waals surface area contributed by atoms with Crippen LogP contribution in [0.2, 0.25) is 0 Å². The maximum absolute atomic E-state index is 13.2. The first-order valence-corrected chi connectivity index (χ1v) is 8.37. The van der Waals surface area contributed by atoms with E-state index in [2.05, 4.69) is 5.32 Å². The van der Waals surface area contributed by atoms with Gasteiger partial charge < -0.3 is 20.1 Å². The second kappa shape index (κ2) is 7.82. The predicted octanol–water partition coefficient (Wildman–Crippen LogP) is 2.37. The molecular formula is C18H25FN2O4. The fourth-order valence-corrected chi connectivity index (χ4v) is 2.64. The number of hydrogen-bond donors (Lipinski definition) is 2. The predicted molar refractivity (Wildman–Crippen MR) is 90.3 cm³/mol. The van der Waals surface area contributed by atoms with Gasteiger partial charge in [0.1, 0.15) is 17.5 Å². The molecule has 1 aliphatic rings. The van der Waals surface area contributed by atoms with Gasteiger partial charge in [-0.15, -0.1) is 0 Å². The van der Waals surface area contributed by atoms with Crippen LogP contribution in [0.25, 0.3) is 0 Å². The Morgan fingerprint density at radius 2 is 1.80 bits per heavy atom. The molecule has 1 unspecified atom stereocenters. The average molecular weight is 352 g/mol. The van der Waals surface area contributed by atoms with Crippen LogP contribution in [-0.2, 0) is 9.53 Å². The van der Waals surface area contributed by atoms with Crippen molar-refractivity contribution in [2.45, 2.75) is 51.4 Å². The Kier molecular flexibility index (Phi) is 6.00. The average Bonchev–Trinajstić information content (AvgIpc) is 2.52. The molecule has 0 saturated carbocycles.